The monoisotopic (exact) mass is 264 g/mol. The van der Waals surface area contributed by atoms with Crippen molar-refractivity contribution in [3.8, 4) is 11.5 Å². The second kappa shape index (κ2) is 4.39. The number of aliphatic imine (C=N–C) groups is 1. The molecule has 0 atom stereocenters. The second-order valence-corrected chi connectivity index (χ2v) is 5.97. The van der Waals surface area contributed by atoms with E-state index in [0.717, 1.165) is 28.1 Å². The van der Waals surface area contributed by atoms with Gasteiger partial charge in [-0.2, -0.15) is 0 Å². The lowest BCUT2D eigenvalue weighted by Crippen LogP contribution is -2.16. The van der Waals surface area contributed by atoms with Crippen molar-refractivity contribution in [2.45, 2.75) is 19.4 Å². The summed E-state index contributed by atoms with van der Waals surface area (Å²) in [4.78, 5) is 4.62. The van der Waals surface area contributed by atoms with Crippen LogP contribution in [0.3, 0.4) is 0 Å². The summed E-state index contributed by atoms with van der Waals surface area (Å²) in [7, 11) is 0. The van der Waals surface area contributed by atoms with Crippen LogP contribution in [0.2, 0.25) is 0 Å². The molecular formula is C13H16N2O2S. The Balaban J connectivity index is 1.78. The summed E-state index contributed by atoms with van der Waals surface area (Å²) in [5.74, 6) is 2.63. The molecule has 0 aromatic heterocycles. The van der Waals surface area contributed by atoms with Crippen LogP contribution in [-0.4, -0.2) is 29.7 Å². The second-order valence-electron chi connectivity index (χ2n) is 5.00. The van der Waals surface area contributed by atoms with Crippen LogP contribution < -0.4 is 14.8 Å². The van der Waals surface area contributed by atoms with Crippen molar-refractivity contribution < 1.29 is 9.47 Å². The van der Waals surface area contributed by atoms with Crippen molar-refractivity contribution in [1.29, 1.82) is 0 Å². The van der Waals surface area contributed by atoms with Gasteiger partial charge in [-0.25, -0.2) is 0 Å². The van der Waals surface area contributed by atoms with Gasteiger partial charge >= 0.3 is 0 Å². The lowest BCUT2D eigenvalue weighted by molar-refractivity contribution is 0.171. The number of amidine groups is 1. The highest BCUT2D eigenvalue weighted by Gasteiger charge is 2.25. The molecule has 0 bridgehead atoms. The number of nitrogens with one attached hydrogen (secondary N) is 1. The first-order chi connectivity index (χ1) is 8.62. The minimum absolute atomic E-state index is 0.0286. The van der Waals surface area contributed by atoms with Crippen LogP contribution in [0.25, 0.3) is 0 Å². The molecule has 0 saturated heterocycles. The number of benzene rings is 1. The smallest absolute Gasteiger partial charge is 0.163 e. The molecule has 18 heavy (non-hydrogen) atoms. The Kier molecular flexibility index (Phi) is 2.86. The van der Waals surface area contributed by atoms with Gasteiger partial charge in [-0.15, -0.1) is 0 Å². The van der Waals surface area contributed by atoms with Crippen LogP contribution in [0.5, 0.6) is 11.5 Å². The highest BCUT2D eigenvalue weighted by atomic mass is 32.2. The summed E-state index contributed by atoms with van der Waals surface area (Å²) in [5, 5.41) is 4.29. The average Bonchev–Trinajstić information content (AvgIpc) is 2.68. The topological polar surface area (TPSA) is 42.8 Å². The van der Waals surface area contributed by atoms with Gasteiger partial charge in [-0.1, -0.05) is 11.8 Å². The van der Waals surface area contributed by atoms with Crippen molar-refractivity contribution in [1.82, 2.24) is 0 Å². The molecule has 0 unspecified atom stereocenters. The molecule has 0 fully saturated rings. The van der Waals surface area contributed by atoms with Crippen molar-refractivity contribution in [2.75, 3.05) is 24.3 Å². The van der Waals surface area contributed by atoms with Crippen LogP contribution >= 0.6 is 11.8 Å². The Morgan fingerprint density at radius 3 is 2.72 bits per heavy atom. The molecule has 1 aromatic rings. The van der Waals surface area contributed by atoms with Crippen LogP contribution in [0, 0.1) is 0 Å². The summed E-state index contributed by atoms with van der Waals surface area (Å²) >= 11 is 1.75. The third kappa shape index (κ3) is 2.41. The number of fused-ring (bicyclic) bond motifs is 1. The molecule has 0 radical (unpaired) electrons. The van der Waals surface area contributed by atoms with Gasteiger partial charge in [0.2, 0.25) is 0 Å². The summed E-state index contributed by atoms with van der Waals surface area (Å²) in [6, 6.07) is 5.88. The third-order valence-electron chi connectivity index (χ3n) is 2.76. The normalized spacial score (nSPS) is 20.4. The van der Waals surface area contributed by atoms with Crippen molar-refractivity contribution in [2.24, 2.45) is 4.99 Å². The Morgan fingerprint density at radius 2 is 2.00 bits per heavy atom. The highest BCUT2D eigenvalue weighted by molar-refractivity contribution is 8.14. The van der Waals surface area contributed by atoms with E-state index in [-0.39, 0.29) is 5.54 Å². The predicted octanol–water partition coefficient (Wildman–Crippen LogP) is 2.75. The molecule has 0 aliphatic carbocycles. The molecule has 96 valence electrons. The lowest BCUT2D eigenvalue weighted by Gasteiger charge is -2.19. The number of thioether (sulfide) groups is 1. The Bertz CT molecular complexity index is 500. The fourth-order valence-corrected chi connectivity index (χ4v) is 2.95. The first-order valence-corrected chi connectivity index (χ1v) is 7.00. The molecule has 0 spiro atoms. The number of hydrogen-bond donors (Lipinski definition) is 1. The maximum Gasteiger partial charge on any atom is 0.163 e. The number of rotatable bonds is 1. The fraction of sp³-hybridized carbons (Fsp3) is 0.462. The molecule has 0 saturated carbocycles. The maximum atomic E-state index is 5.56. The Labute approximate surface area is 111 Å². The maximum absolute atomic E-state index is 5.56. The van der Waals surface area contributed by atoms with E-state index >= 15 is 0 Å². The van der Waals surface area contributed by atoms with E-state index in [1.54, 1.807) is 11.8 Å². The van der Waals surface area contributed by atoms with Crippen LogP contribution in [-0.2, 0) is 0 Å². The first kappa shape index (κ1) is 11.7. The molecule has 2 heterocycles. The van der Waals surface area contributed by atoms with Gasteiger partial charge in [0.15, 0.2) is 16.7 Å². The van der Waals surface area contributed by atoms with Gasteiger partial charge < -0.3 is 14.8 Å². The number of anilines is 1. The standard InChI is InChI=1S/C13H16N2O2S/c1-13(2)8-18-12(15-13)14-9-3-4-10-11(7-9)17-6-5-16-10/h3-4,7H,5-6,8H2,1-2H3,(H,14,15). The summed E-state index contributed by atoms with van der Waals surface area (Å²) in [6.07, 6.45) is 0. The van der Waals surface area contributed by atoms with E-state index in [2.05, 4.69) is 24.2 Å². The molecule has 2 aliphatic heterocycles. The Hall–Kier alpha value is -1.36. The van der Waals surface area contributed by atoms with E-state index in [1.807, 2.05) is 18.2 Å². The van der Waals surface area contributed by atoms with Gasteiger partial charge in [0.25, 0.3) is 0 Å². The molecular weight excluding hydrogens is 248 g/mol. The number of nitrogens with zero attached hydrogens (tertiary/aromatic N) is 1. The van der Waals surface area contributed by atoms with Gasteiger partial charge in [-0.3, -0.25) is 4.99 Å². The van der Waals surface area contributed by atoms with Gasteiger partial charge in [0.1, 0.15) is 13.2 Å². The Morgan fingerprint density at radius 1 is 1.22 bits per heavy atom. The summed E-state index contributed by atoms with van der Waals surface area (Å²) in [6.45, 7) is 5.51. The van der Waals surface area contributed by atoms with Crippen molar-refractivity contribution in [3.63, 3.8) is 0 Å². The zero-order valence-corrected chi connectivity index (χ0v) is 11.3. The van der Waals surface area contributed by atoms with Crippen molar-refractivity contribution >= 4 is 22.6 Å². The predicted molar refractivity (Wildman–Crippen MR) is 75.0 cm³/mol. The van der Waals surface area contributed by atoms with Gasteiger partial charge in [-0.05, 0) is 26.0 Å². The SMILES string of the molecule is CC1(C)CSC(Nc2ccc3c(c2)OCCO3)=N1. The van der Waals surface area contributed by atoms with E-state index in [9.17, 15) is 0 Å². The molecule has 5 heteroatoms. The average molecular weight is 264 g/mol. The molecule has 3 rings (SSSR count). The molecule has 2 aliphatic rings. The molecule has 0 amide bonds. The molecule has 1 aromatic carbocycles. The minimum atomic E-state index is 0.0286. The lowest BCUT2D eigenvalue weighted by atomic mass is 10.1. The quantitative estimate of drug-likeness (QED) is 0.847. The number of ether oxygens (including phenoxy) is 2. The van der Waals surface area contributed by atoms with Crippen molar-refractivity contribution in [3.05, 3.63) is 18.2 Å². The molecule has 1 N–H and O–H groups in total. The van der Waals surface area contributed by atoms with E-state index in [4.69, 9.17) is 9.47 Å². The van der Waals surface area contributed by atoms with Crippen LogP contribution in [0.4, 0.5) is 5.69 Å². The first-order valence-electron chi connectivity index (χ1n) is 6.02. The zero-order chi connectivity index (χ0) is 12.6. The summed E-state index contributed by atoms with van der Waals surface area (Å²) < 4.78 is 11.1. The highest BCUT2D eigenvalue weighted by Crippen LogP contribution is 2.34. The summed E-state index contributed by atoms with van der Waals surface area (Å²) in [5.41, 5.74) is 1.02. The van der Waals surface area contributed by atoms with E-state index in [1.165, 1.54) is 0 Å². The van der Waals surface area contributed by atoms with Crippen LogP contribution in [0.15, 0.2) is 23.2 Å². The van der Waals surface area contributed by atoms with Gasteiger partial charge in [0, 0.05) is 17.5 Å². The third-order valence-corrected chi connectivity index (χ3v) is 4.08. The van der Waals surface area contributed by atoms with E-state index < -0.39 is 0 Å². The van der Waals surface area contributed by atoms with Crippen LogP contribution in [0.1, 0.15) is 13.8 Å². The number of hydrogen-bond acceptors (Lipinski definition) is 5. The van der Waals surface area contributed by atoms with Gasteiger partial charge in [0.05, 0.1) is 5.54 Å². The van der Waals surface area contributed by atoms with E-state index in [0.29, 0.717) is 13.2 Å². The zero-order valence-electron chi connectivity index (χ0n) is 10.5. The molecule has 4 nitrogen and oxygen atoms in total. The largest absolute Gasteiger partial charge is 0.486 e. The fourth-order valence-electron chi connectivity index (χ4n) is 1.89. The minimum Gasteiger partial charge on any atom is -0.486 e.